The van der Waals surface area contributed by atoms with E-state index >= 15 is 0 Å². The summed E-state index contributed by atoms with van der Waals surface area (Å²) >= 11 is 7.53. The number of hydrogen-bond donors (Lipinski definition) is 1. The lowest BCUT2D eigenvalue weighted by Gasteiger charge is -2.28. The third-order valence-electron chi connectivity index (χ3n) is 4.28. The predicted octanol–water partition coefficient (Wildman–Crippen LogP) is 3.78. The van der Waals surface area contributed by atoms with E-state index in [2.05, 4.69) is 5.32 Å². The first-order valence-corrected chi connectivity index (χ1v) is 10.4. The number of rotatable bonds is 9. The lowest BCUT2D eigenvalue weighted by Crippen LogP contribution is -2.48. The Morgan fingerprint density at radius 3 is 2.48 bits per heavy atom. The summed E-state index contributed by atoms with van der Waals surface area (Å²) in [6.45, 7) is 2.28. The third-order valence-corrected chi connectivity index (χ3v) is 5.50. The van der Waals surface area contributed by atoms with Crippen molar-refractivity contribution in [2.75, 3.05) is 19.3 Å². The molecule has 0 bridgehead atoms. The van der Waals surface area contributed by atoms with E-state index in [-0.39, 0.29) is 11.8 Å². The normalized spacial score (nSPS) is 11.7. The van der Waals surface area contributed by atoms with Crippen molar-refractivity contribution in [3.05, 3.63) is 70.7 Å². The van der Waals surface area contributed by atoms with Crippen LogP contribution in [0, 0.1) is 0 Å². The van der Waals surface area contributed by atoms with Crippen molar-refractivity contribution in [3.8, 4) is 0 Å². The number of nitrogens with one attached hydrogen (secondary N) is 1. The Kier molecular flexibility index (Phi) is 8.69. The van der Waals surface area contributed by atoms with Crippen LogP contribution in [0.3, 0.4) is 0 Å². The van der Waals surface area contributed by atoms with Gasteiger partial charge in [0, 0.05) is 24.4 Å². The second-order valence-electron chi connectivity index (χ2n) is 6.24. The van der Waals surface area contributed by atoms with Crippen LogP contribution in [0.5, 0.6) is 0 Å². The minimum atomic E-state index is -0.502. The Hall–Kier alpha value is -1.98. The number of hydrogen-bond acceptors (Lipinski definition) is 3. The van der Waals surface area contributed by atoms with Gasteiger partial charge in [0.15, 0.2) is 0 Å². The summed E-state index contributed by atoms with van der Waals surface area (Å²) in [7, 11) is 1.59. The fourth-order valence-electron chi connectivity index (χ4n) is 2.74. The SMILES string of the molecule is CNC(=O)C(C)N(CCc1ccccc1)C(=O)CSCc1cccc(Cl)c1. The molecule has 27 heavy (non-hydrogen) atoms. The van der Waals surface area contributed by atoms with Gasteiger partial charge in [-0.05, 0) is 36.6 Å². The molecule has 4 nitrogen and oxygen atoms in total. The molecule has 2 aromatic rings. The van der Waals surface area contributed by atoms with Gasteiger partial charge in [-0.2, -0.15) is 0 Å². The van der Waals surface area contributed by atoms with E-state index in [0.29, 0.717) is 29.5 Å². The molecule has 0 saturated heterocycles. The van der Waals surface area contributed by atoms with Crippen molar-refractivity contribution < 1.29 is 9.59 Å². The number of carbonyl (C=O) groups is 2. The van der Waals surface area contributed by atoms with Crippen LogP contribution in [0.1, 0.15) is 18.1 Å². The summed E-state index contributed by atoms with van der Waals surface area (Å²) in [5.74, 6) is 0.834. The topological polar surface area (TPSA) is 49.4 Å². The number of thioether (sulfide) groups is 1. The van der Waals surface area contributed by atoms with Gasteiger partial charge in [0.25, 0.3) is 0 Å². The Bertz CT molecular complexity index is 755. The standard InChI is InChI=1S/C21H25ClN2O2S/c1-16(21(26)23-2)24(12-11-17-7-4-3-5-8-17)20(25)15-27-14-18-9-6-10-19(22)13-18/h3-10,13,16H,11-12,14-15H2,1-2H3,(H,23,26). The van der Waals surface area contributed by atoms with Gasteiger partial charge >= 0.3 is 0 Å². The van der Waals surface area contributed by atoms with Gasteiger partial charge in [-0.25, -0.2) is 0 Å². The number of benzene rings is 2. The van der Waals surface area contributed by atoms with Crippen LogP contribution in [-0.2, 0) is 21.8 Å². The van der Waals surface area contributed by atoms with Crippen molar-refractivity contribution in [2.24, 2.45) is 0 Å². The van der Waals surface area contributed by atoms with E-state index in [9.17, 15) is 9.59 Å². The van der Waals surface area contributed by atoms with Gasteiger partial charge < -0.3 is 10.2 Å². The van der Waals surface area contributed by atoms with Crippen molar-refractivity contribution in [3.63, 3.8) is 0 Å². The maximum absolute atomic E-state index is 12.8. The minimum absolute atomic E-state index is 0.0333. The third kappa shape index (κ3) is 6.92. The summed E-state index contributed by atoms with van der Waals surface area (Å²) in [5, 5.41) is 3.32. The lowest BCUT2D eigenvalue weighted by molar-refractivity contribution is -0.137. The molecule has 1 atom stereocenters. The van der Waals surface area contributed by atoms with Crippen molar-refractivity contribution in [1.29, 1.82) is 0 Å². The minimum Gasteiger partial charge on any atom is -0.357 e. The molecule has 6 heteroatoms. The van der Waals surface area contributed by atoms with Crippen LogP contribution in [-0.4, -0.2) is 42.1 Å². The van der Waals surface area contributed by atoms with Gasteiger partial charge in [0.05, 0.1) is 5.75 Å². The van der Waals surface area contributed by atoms with E-state index in [4.69, 9.17) is 11.6 Å². The monoisotopic (exact) mass is 404 g/mol. The second-order valence-corrected chi connectivity index (χ2v) is 7.66. The Morgan fingerprint density at radius 2 is 1.81 bits per heavy atom. The number of nitrogens with zero attached hydrogens (tertiary/aromatic N) is 1. The predicted molar refractivity (Wildman–Crippen MR) is 113 cm³/mol. The maximum atomic E-state index is 12.8. The van der Waals surface area contributed by atoms with E-state index in [0.717, 1.165) is 11.1 Å². The first-order chi connectivity index (χ1) is 13.0. The molecular formula is C21H25ClN2O2S. The van der Waals surface area contributed by atoms with E-state index in [1.807, 2.05) is 54.6 Å². The largest absolute Gasteiger partial charge is 0.357 e. The van der Waals surface area contributed by atoms with Crippen molar-refractivity contribution in [2.45, 2.75) is 25.1 Å². The number of likely N-dealkylation sites (N-methyl/N-ethyl adjacent to an activating group) is 1. The van der Waals surface area contributed by atoms with Gasteiger partial charge in [0.2, 0.25) is 11.8 Å². The first kappa shape index (κ1) is 21.3. The fraction of sp³-hybridized carbons (Fsp3) is 0.333. The van der Waals surface area contributed by atoms with Gasteiger partial charge in [-0.1, -0.05) is 54.1 Å². The molecule has 0 aromatic heterocycles. The van der Waals surface area contributed by atoms with Crippen molar-refractivity contribution >= 4 is 35.2 Å². The molecule has 0 spiro atoms. The van der Waals surface area contributed by atoms with Gasteiger partial charge in [-0.15, -0.1) is 11.8 Å². The molecule has 0 aliphatic heterocycles. The lowest BCUT2D eigenvalue weighted by atomic mass is 10.1. The van der Waals surface area contributed by atoms with Crippen molar-refractivity contribution in [1.82, 2.24) is 10.2 Å². The molecule has 0 radical (unpaired) electrons. The number of amides is 2. The molecular weight excluding hydrogens is 380 g/mol. The van der Waals surface area contributed by atoms with Crippen LogP contribution in [0.25, 0.3) is 0 Å². The molecule has 0 aliphatic carbocycles. The summed E-state index contributed by atoms with van der Waals surface area (Å²) in [6, 6.07) is 17.1. The molecule has 0 heterocycles. The van der Waals surface area contributed by atoms with Crippen LogP contribution in [0.15, 0.2) is 54.6 Å². The zero-order valence-electron chi connectivity index (χ0n) is 15.7. The molecule has 1 N–H and O–H groups in total. The van der Waals surface area contributed by atoms with Crippen LogP contribution in [0.4, 0.5) is 0 Å². The maximum Gasteiger partial charge on any atom is 0.242 e. The highest BCUT2D eigenvalue weighted by Crippen LogP contribution is 2.17. The molecule has 2 aromatic carbocycles. The molecule has 0 aliphatic rings. The van der Waals surface area contributed by atoms with E-state index in [1.165, 1.54) is 11.8 Å². The average molecular weight is 405 g/mol. The molecule has 2 amide bonds. The summed E-state index contributed by atoms with van der Waals surface area (Å²) < 4.78 is 0. The van der Waals surface area contributed by atoms with Gasteiger partial charge in [-0.3, -0.25) is 9.59 Å². The molecule has 1 unspecified atom stereocenters. The summed E-state index contributed by atoms with van der Waals surface area (Å²) in [6.07, 6.45) is 0.715. The Morgan fingerprint density at radius 1 is 1.11 bits per heavy atom. The highest BCUT2D eigenvalue weighted by molar-refractivity contribution is 7.99. The van der Waals surface area contributed by atoms with Crippen LogP contribution in [0.2, 0.25) is 5.02 Å². The zero-order valence-corrected chi connectivity index (χ0v) is 17.2. The molecule has 2 rings (SSSR count). The molecule has 0 saturated carbocycles. The van der Waals surface area contributed by atoms with Crippen LogP contribution >= 0.6 is 23.4 Å². The highest BCUT2D eigenvalue weighted by Gasteiger charge is 2.24. The smallest absolute Gasteiger partial charge is 0.242 e. The van der Waals surface area contributed by atoms with E-state index in [1.54, 1.807) is 18.9 Å². The number of carbonyl (C=O) groups excluding carboxylic acids is 2. The van der Waals surface area contributed by atoms with E-state index < -0.39 is 6.04 Å². The zero-order chi connectivity index (χ0) is 19.6. The summed E-state index contributed by atoms with van der Waals surface area (Å²) in [5.41, 5.74) is 2.22. The quantitative estimate of drug-likeness (QED) is 0.691. The Labute approximate surface area is 170 Å². The molecule has 0 fully saturated rings. The number of halogens is 1. The Balaban J connectivity index is 1.96. The van der Waals surface area contributed by atoms with Gasteiger partial charge in [0.1, 0.15) is 6.04 Å². The fourth-order valence-corrected chi connectivity index (χ4v) is 3.82. The first-order valence-electron chi connectivity index (χ1n) is 8.88. The second kappa shape index (κ2) is 11.0. The average Bonchev–Trinajstić information content (AvgIpc) is 2.68. The molecule has 144 valence electrons. The highest BCUT2D eigenvalue weighted by atomic mass is 35.5. The van der Waals surface area contributed by atoms with Crippen LogP contribution < -0.4 is 5.32 Å². The summed E-state index contributed by atoms with van der Waals surface area (Å²) in [4.78, 5) is 26.5.